The number of benzene rings is 1. The SMILES string of the molecule is COCCCN(C)C(=O)c1nn(-c2ccc(C(C)C)cc2)cc1O. The molecule has 2 aromatic rings. The monoisotopic (exact) mass is 331 g/mol. The first kappa shape index (κ1) is 18.0. The number of carbonyl (C=O) groups excluding carboxylic acids is 1. The molecule has 0 unspecified atom stereocenters. The number of aromatic hydroxyl groups is 1. The molecular formula is C18H25N3O3. The Morgan fingerprint density at radius 1 is 1.33 bits per heavy atom. The molecule has 0 spiro atoms. The van der Waals surface area contributed by atoms with Crippen LogP contribution in [0.1, 0.15) is 42.2 Å². The van der Waals surface area contributed by atoms with Crippen molar-refractivity contribution in [2.24, 2.45) is 0 Å². The van der Waals surface area contributed by atoms with Crippen LogP contribution in [0.5, 0.6) is 5.75 Å². The van der Waals surface area contributed by atoms with E-state index in [9.17, 15) is 9.90 Å². The number of rotatable bonds is 7. The third-order valence-corrected chi connectivity index (χ3v) is 3.91. The minimum atomic E-state index is -0.304. The lowest BCUT2D eigenvalue weighted by molar-refractivity contribution is 0.0770. The van der Waals surface area contributed by atoms with Gasteiger partial charge >= 0.3 is 0 Å². The van der Waals surface area contributed by atoms with Gasteiger partial charge in [0.15, 0.2) is 11.4 Å². The number of nitrogens with zero attached hydrogens (tertiary/aromatic N) is 3. The van der Waals surface area contributed by atoms with E-state index in [1.54, 1.807) is 14.2 Å². The van der Waals surface area contributed by atoms with Crippen LogP contribution in [-0.2, 0) is 4.74 Å². The van der Waals surface area contributed by atoms with E-state index in [4.69, 9.17) is 4.74 Å². The molecule has 0 radical (unpaired) electrons. The van der Waals surface area contributed by atoms with Gasteiger partial charge in [-0.15, -0.1) is 0 Å². The fourth-order valence-electron chi connectivity index (χ4n) is 2.39. The van der Waals surface area contributed by atoms with Crippen LogP contribution in [0.15, 0.2) is 30.5 Å². The summed E-state index contributed by atoms with van der Waals surface area (Å²) in [5.74, 6) is 0.0237. The quantitative estimate of drug-likeness (QED) is 0.792. The second-order valence-corrected chi connectivity index (χ2v) is 6.13. The minimum absolute atomic E-state index is 0.0582. The fraction of sp³-hybridized carbons (Fsp3) is 0.444. The zero-order valence-electron chi connectivity index (χ0n) is 14.7. The van der Waals surface area contributed by atoms with E-state index >= 15 is 0 Å². The summed E-state index contributed by atoms with van der Waals surface area (Å²) < 4.78 is 6.51. The molecule has 1 heterocycles. The average molecular weight is 331 g/mol. The molecule has 0 atom stereocenters. The van der Waals surface area contributed by atoms with Gasteiger partial charge in [0, 0.05) is 27.3 Å². The lowest BCUT2D eigenvalue weighted by Crippen LogP contribution is -2.28. The highest BCUT2D eigenvalue weighted by atomic mass is 16.5. The Bertz CT molecular complexity index is 677. The van der Waals surface area contributed by atoms with Crippen LogP contribution >= 0.6 is 0 Å². The molecule has 0 aliphatic heterocycles. The Kier molecular flexibility index (Phi) is 5.98. The smallest absolute Gasteiger partial charge is 0.277 e. The van der Waals surface area contributed by atoms with E-state index in [2.05, 4.69) is 18.9 Å². The molecule has 2 rings (SSSR count). The molecule has 24 heavy (non-hydrogen) atoms. The van der Waals surface area contributed by atoms with Gasteiger partial charge in [-0.1, -0.05) is 26.0 Å². The Balaban J connectivity index is 2.15. The zero-order valence-corrected chi connectivity index (χ0v) is 14.7. The Hall–Kier alpha value is -2.34. The molecule has 1 aromatic heterocycles. The van der Waals surface area contributed by atoms with Gasteiger partial charge < -0.3 is 14.7 Å². The van der Waals surface area contributed by atoms with Gasteiger partial charge in [0.2, 0.25) is 0 Å². The molecule has 0 saturated carbocycles. The van der Waals surface area contributed by atoms with Gasteiger partial charge in [0.25, 0.3) is 5.91 Å². The van der Waals surface area contributed by atoms with Crippen LogP contribution in [0.3, 0.4) is 0 Å². The first-order chi connectivity index (χ1) is 11.4. The summed E-state index contributed by atoms with van der Waals surface area (Å²) >= 11 is 0. The summed E-state index contributed by atoms with van der Waals surface area (Å²) in [6, 6.07) is 7.91. The molecule has 1 amide bonds. The molecule has 0 aliphatic rings. The largest absolute Gasteiger partial charge is 0.504 e. The molecule has 0 aliphatic carbocycles. The van der Waals surface area contributed by atoms with Gasteiger partial charge in [-0.25, -0.2) is 4.68 Å². The van der Waals surface area contributed by atoms with Gasteiger partial charge in [-0.3, -0.25) is 4.79 Å². The number of ether oxygens (including phenoxy) is 1. The molecule has 1 N–H and O–H groups in total. The van der Waals surface area contributed by atoms with E-state index in [0.717, 1.165) is 12.1 Å². The molecular weight excluding hydrogens is 306 g/mol. The highest BCUT2D eigenvalue weighted by Crippen LogP contribution is 2.21. The van der Waals surface area contributed by atoms with Crippen LogP contribution in [0.4, 0.5) is 0 Å². The van der Waals surface area contributed by atoms with Crippen molar-refractivity contribution in [3.05, 3.63) is 41.7 Å². The fourth-order valence-corrected chi connectivity index (χ4v) is 2.39. The normalized spacial score (nSPS) is 11.0. The van der Waals surface area contributed by atoms with Crippen molar-refractivity contribution >= 4 is 5.91 Å². The maximum atomic E-state index is 12.4. The summed E-state index contributed by atoms with van der Waals surface area (Å²) in [6.07, 6.45) is 2.19. The Morgan fingerprint density at radius 2 is 2.00 bits per heavy atom. The third-order valence-electron chi connectivity index (χ3n) is 3.91. The summed E-state index contributed by atoms with van der Waals surface area (Å²) in [7, 11) is 3.31. The van der Waals surface area contributed by atoms with Crippen LogP contribution in [-0.4, -0.2) is 53.0 Å². The second-order valence-electron chi connectivity index (χ2n) is 6.13. The van der Waals surface area contributed by atoms with Gasteiger partial charge in [-0.2, -0.15) is 5.10 Å². The van der Waals surface area contributed by atoms with Crippen molar-refractivity contribution in [1.29, 1.82) is 0 Å². The van der Waals surface area contributed by atoms with Gasteiger partial charge in [0.05, 0.1) is 11.9 Å². The molecule has 0 saturated heterocycles. The maximum absolute atomic E-state index is 12.4. The molecule has 1 aromatic carbocycles. The first-order valence-corrected chi connectivity index (χ1v) is 8.07. The number of aromatic nitrogens is 2. The lowest BCUT2D eigenvalue weighted by atomic mass is 10.0. The van der Waals surface area contributed by atoms with E-state index in [1.807, 2.05) is 24.3 Å². The van der Waals surface area contributed by atoms with Crippen LogP contribution in [0.2, 0.25) is 0 Å². The number of hydrogen-bond donors (Lipinski definition) is 1. The summed E-state index contributed by atoms with van der Waals surface area (Å²) in [5, 5.41) is 14.3. The molecule has 130 valence electrons. The first-order valence-electron chi connectivity index (χ1n) is 8.07. The van der Waals surface area contributed by atoms with Crippen LogP contribution < -0.4 is 0 Å². The van der Waals surface area contributed by atoms with E-state index in [0.29, 0.717) is 19.1 Å². The summed E-state index contributed by atoms with van der Waals surface area (Å²) in [4.78, 5) is 13.9. The number of carbonyl (C=O) groups is 1. The highest BCUT2D eigenvalue weighted by Gasteiger charge is 2.20. The summed E-state index contributed by atoms with van der Waals surface area (Å²) in [6.45, 7) is 5.39. The highest BCUT2D eigenvalue weighted by molar-refractivity contribution is 5.94. The Morgan fingerprint density at radius 3 is 2.58 bits per heavy atom. The van der Waals surface area contributed by atoms with Crippen molar-refractivity contribution in [3.8, 4) is 11.4 Å². The molecule has 0 fully saturated rings. The van der Waals surface area contributed by atoms with Gasteiger partial charge in [-0.05, 0) is 30.0 Å². The number of amides is 1. The van der Waals surface area contributed by atoms with Crippen molar-refractivity contribution < 1.29 is 14.6 Å². The predicted molar refractivity (Wildman–Crippen MR) is 92.8 cm³/mol. The summed E-state index contributed by atoms with van der Waals surface area (Å²) in [5.41, 5.74) is 2.09. The topological polar surface area (TPSA) is 67.6 Å². The number of methoxy groups -OCH3 is 1. The van der Waals surface area contributed by atoms with Crippen molar-refractivity contribution in [1.82, 2.24) is 14.7 Å². The molecule has 0 bridgehead atoms. The van der Waals surface area contributed by atoms with Crippen molar-refractivity contribution in [3.63, 3.8) is 0 Å². The lowest BCUT2D eigenvalue weighted by Gasteiger charge is -2.15. The molecule has 6 nitrogen and oxygen atoms in total. The van der Waals surface area contributed by atoms with E-state index in [-0.39, 0.29) is 17.4 Å². The predicted octanol–water partition coefficient (Wildman–Crippen LogP) is 2.81. The zero-order chi connectivity index (χ0) is 17.7. The maximum Gasteiger partial charge on any atom is 0.277 e. The third kappa shape index (κ3) is 4.14. The van der Waals surface area contributed by atoms with E-state index < -0.39 is 0 Å². The van der Waals surface area contributed by atoms with Crippen molar-refractivity contribution in [2.45, 2.75) is 26.2 Å². The Labute approximate surface area is 142 Å². The van der Waals surface area contributed by atoms with Crippen LogP contribution in [0, 0.1) is 0 Å². The minimum Gasteiger partial charge on any atom is -0.504 e. The van der Waals surface area contributed by atoms with Crippen molar-refractivity contribution in [2.75, 3.05) is 27.3 Å². The molecule has 6 heteroatoms. The van der Waals surface area contributed by atoms with Crippen LogP contribution in [0.25, 0.3) is 5.69 Å². The van der Waals surface area contributed by atoms with E-state index in [1.165, 1.54) is 21.3 Å². The average Bonchev–Trinajstić information content (AvgIpc) is 2.96. The van der Waals surface area contributed by atoms with Gasteiger partial charge in [0.1, 0.15) is 0 Å². The second kappa shape index (κ2) is 7.97. The number of hydrogen-bond acceptors (Lipinski definition) is 4. The standard InChI is InChI=1S/C18H25N3O3/c1-13(2)14-6-8-15(9-7-14)21-12-16(22)17(19-21)18(23)20(3)10-5-11-24-4/h6-9,12-13,22H,5,10-11H2,1-4H3.